The van der Waals surface area contributed by atoms with Crippen molar-refractivity contribution in [3.63, 3.8) is 0 Å². The van der Waals surface area contributed by atoms with Gasteiger partial charge in [-0.25, -0.2) is 0 Å². The molecule has 0 radical (unpaired) electrons. The first-order chi connectivity index (χ1) is 11.1. The molecule has 0 aromatic heterocycles. The molecule has 5 heteroatoms. The van der Waals surface area contributed by atoms with E-state index in [4.69, 9.17) is 16.3 Å². The van der Waals surface area contributed by atoms with Crippen LogP contribution in [-0.2, 0) is 14.9 Å². The Kier molecular flexibility index (Phi) is 5.24. The Balaban J connectivity index is 1.51. The van der Waals surface area contributed by atoms with Gasteiger partial charge in [-0.3, -0.25) is 4.79 Å². The van der Waals surface area contributed by atoms with Crippen LogP contribution in [0.3, 0.4) is 0 Å². The van der Waals surface area contributed by atoms with Gasteiger partial charge in [-0.1, -0.05) is 30.2 Å². The van der Waals surface area contributed by atoms with Crippen LogP contribution in [-0.4, -0.2) is 36.9 Å². The second-order valence-corrected chi connectivity index (χ2v) is 7.23. The number of aliphatic hydroxyl groups excluding tert-OH is 1. The Morgan fingerprint density at radius 1 is 1.43 bits per heavy atom. The Bertz CT molecular complexity index is 555. The molecule has 1 atom stereocenters. The first-order valence-corrected chi connectivity index (χ1v) is 8.78. The molecule has 1 amide bonds. The molecule has 0 heterocycles. The van der Waals surface area contributed by atoms with Crippen LogP contribution in [0.25, 0.3) is 0 Å². The molecule has 2 fully saturated rings. The van der Waals surface area contributed by atoms with Gasteiger partial charge in [-0.15, -0.1) is 0 Å². The summed E-state index contributed by atoms with van der Waals surface area (Å²) in [4.78, 5) is 12.6. The average molecular weight is 338 g/mol. The highest BCUT2D eigenvalue weighted by Gasteiger charge is 2.45. The Morgan fingerprint density at radius 3 is 2.83 bits per heavy atom. The predicted octanol–water partition coefficient (Wildman–Crippen LogP) is 2.67. The molecule has 2 aliphatic rings. The number of ether oxygens (including phenoxy) is 1. The zero-order valence-electron chi connectivity index (χ0n) is 13.3. The fraction of sp³-hybridized carbons (Fsp3) is 0.611. The third kappa shape index (κ3) is 4.06. The van der Waals surface area contributed by atoms with Crippen LogP contribution >= 0.6 is 11.6 Å². The van der Waals surface area contributed by atoms with Crippen molar-refractivity contribution < 1.29 is 14.6 Å². The van der Waals surface area contributed by atoms with Gasteiger partial charge in [-0.2, -0.15) is 0 Å². The van der Waals surface area contributed by atoms with Crippen molar-refractivity contribution in [2.75, 3.05) is 19.8 Å². The van der Waals surface area contributed by atoms with Crippen LogP contribution in [0.5, 0.6) is 0 Å². The number of benzene rings is 1. The normalized spacial score (nSPS) is 20.6. The third-order valence-electron chi connectivity index (χ3n) is 4.88. The predicted molar refractivity (Wildman–Crippen MR) is 89.5 cm³/mol. The summed E-state index contributed by atoms with van der Waals surface area (Å²) in [7, 11) is 0. The molecule has 1 unspecified atom stereocenters. The quantitative estimate of drug-likeness (QED) is 0.766. The highest BCUT2D eigenvalue weighted by atomic mass is 35.5. The molecule has 4 nitrogen and oxygen atoms in total. The van der Waals surface area contributed by atoms with E-state index in [0.29, 0.717) is 10.9 Å². The van der Waals surface area contributed by atoms with E-state index in [2.05, 4.69) is 5.32 Å². The summed E-state index contributed by atoms with van der Waals surface area (Å²) in [5, 5.41) is 13.5. The van der Waals surface area contributed by atoms with E-state index in [1.807, 2.05) is 24.3 Å². The molecule has 1 aromatic rings. The number of halogens is 1. The summed E-state index contributed by atoms with van der Waals surface area (Å²) in [5.41, 5.74) is 0.479. The van der Waals surface area contributed by atoms with E-state index in [1.165, 1.54) is 12.8 Å². The lowest BCUT2D eigenvalue weighted by Crippen LogP contribution is -2.51. The number of carbonyl (C=O) groups is 1. The molecule has 0 aliphatic heterocycles. The van der Waals surface area contributed by atoms with E-state index in [1.54, 1.807) is 0 Å². The highest BCUT2D eigenvalue weighted by Crippen LogP contribution is 2.44. The van der Waals surface area contributed by atoms with Gasteiger partial charge in [0.1, 0.15) is 0 Å². The second kappa shape index (κ2) is 7.20. The van der Waals surface area contributed by atoms with Gasteiger partial charge in [0.05, 0.1) is 18.1 Å². The maximum Gasteiger partial charge on any atom is 0.230 e. The number of amides is 1. The first kappa shape index (κ1) is 16.7. The lowest BCUT2D eigenvalue weighted by molar-refractivity contribution is -0.130. The molecule has 0 saturated heterocycles. The van der Waals surface area contributed by atoms with Crippen molar-refractivity contribution in [3.05, 3.63) is 34.9 Å². The SMILES string of the molecule is O=C(NCC(O)COCC1CC1)C1(c2cccc(Cl)c2)CCC1. The maximum atomic E-state index is 12.6. The smallest absolute Gasteiger partial charge is 0.230 e. The number of hydrogen-bond acceptors (Lipinski definition) is 3. The number of aliphatic hydroxyl groups is 1. The molecular formula is C18H24ClNO3. The largest absolute Gasteiger partial charge is 0.389 e. The Labute approximate surface area is 142 Å². The lowest BCUT2D eigenvalue weighted by Gasteiger charge is -2.41. The van der Waals surface area contributed by atoms with Crippen LogP contribution in [0.4, 0.5) is 0 Å². The van der Waals surface area contributed by atoms with E-state index in [9.17, 15) is 9.90 Å². The fourth-order valence-corrected chi connectivity index (χ4v) is 3.25. The van der Waals surface area contributed by atoms with Gasteiger partial charge in [-0.05, 0) is 49.3 Å². The number of carbonyl (C=O) groups excluding carboxylic acids is 1. The van der Waals surface area contributed by atoms with Crippen LogP contribution in [0.15, 0.2) is 24.3 Å². The van der Waals surface area contributed by atoms with Crippen molar-refractivity contribution in [3.8, 4) is 0 Å². The molecular weight excluding hydrogens is 314 g/mol. The minimum absolute atomic E-state index is 0.0211. The van der Waals surface area contributed by atoms with Gasteiger partial charge in [0.15, 0.2) is 0 Å². The molecule has 2 saturated carbocycles. The zero-order valence-corrected chi connectivity index (χ0v) is 14.0. The standard InChI is InChI=1S/C18H24ClNO3/c19-15-4-1-3-14(9-15)18(7-2-8-18)17(22)20-10-16(21)12-23-11-13-5-6-13/h1,3-4,9,13,16,21H,2,5-8,10-12H2,(H,20,22). The molecule has 126 valence electrons. The van der Waals surface area contributed by atoms with Crippen molar-refractivity contribution >= 4 is 17.5 Å². The molecule has 23 heavy (non-hydrogen) atoms. The van der Waals surface area contributed by atoms with Gasteiger partial charge in [0.25, 0.3) is 0 Å². The van der Waals surface area contributed by atoms with Gasteiger partial charge < -0.3 is 15.2 Å². The number of rotatable bonds is 8. The van der Waals surface area contributed by atoms with E-state index < -0.39 is 11.5 Å². The summed E-state index contributed by atoms with van der Waals surface area (Å²) >= 11 is 6.06. The molecule has 1 aromatic carbocycles. The monoisotopic (exact) mass is 337 g/mol. The summed E-state index contributed by atoms with van der Waals surface area (Å²) in [6.07, 6.45) is 4.49. The first-order valence-electron chi connectivity index (χ1n) is 8.40. The second-order valence-electron chi connectivity index (χ2n) is 6.79. The summed E-state index contributed by atoms with van der Waals surface area (Å²) < 4.78 is 5.46. The van der Waals surface area contributed by atoms with E-state index in [-0.39, 0.29) is 19.1 Å². The Morgan fingerprint density at radius 2 is 2.22 bits per heavy atom. The maximum absolute atomic E-state index is 12.6. The molecule has 3 rings (SSSR count). The van der Waals surface area contributed by atoms with Crippen LogP contribution in [0, 0.1) is 5.92 Å². The third-order valence-corrected chi connectivity index (χ3v) is 5.11. The van der Waals surface area contributed by atoms with E-state index in [0.717, 1.165) is 31.4 Å². The minimum atomic E-state index is -0.658. The summed E-state index contributed by atoms with van der Waals surface area (Å²) in [6, 6.07) is 7.52. The van der Waals surface area contributed by atoms with Gasteiger partial charge in [0.2, 0.25) is 5.91 Å². The minimum Gasteiger partial charge on any atom is -0.389 e. The van der Waals surface area contributed by atoms with Crippen LogP contribution < -0.4 is 5.32 Å². The lowest BCUT2D eigenvalue weighted by atomic mass is 9.64. The van der Waals surface area contributed by atoms with Crippen LogP contribution in [0.1, 0.15) is 37.7 Å². The summed E-state index contributed by atoms with van der Waals surface area (Å²) in [6.45, 7) is 1.23. The molecule has 0 bridgehead atoms. The van der Waals surface area contributed by atoms with Crippen molar-refractivity contribution in [2.45, 2.75) is 43.6 Å². The van der Waals surface area contributed by atoms with Gasteiger partial charge >= 0.3 is 0 Å². The van der Waals surface area contributed by atoms with Gasteiger partial charge in [0, 0.05) is 18.2 Å². The average Bonchev–Trinajstić information content (AvgIpc) is 3.28. The topological polar surface area (TPSA) is 58.6 Å². The fourth-order valence-electron chi connectivity index (χ4n) is 3.06. The Hall–Kier alpha value is -1.10. The molecule has 2 N–H and O–H groups in total. The van der Waals surface area contributed by atoms with Crippen molar-refractivity contribution in [2.24, 2.45) is 5.92 Å². The summed E-state index contributed by atoms with van der Waals surface area (Å²) in [5.74, 6) is 0.658. The molecule has 2 aliphatic carbocycles. The number of nitrogens with one attached hydrogen (secondary N) is 1. The zero-order chi connectivity index (χ0) is 16.3. The highest BCUT2D eigenvalue weighted by molar-refractivity contribution is 6.30. The van der Waals surface area contributed by atoms with E-state index >= 15 is 0 Å². The van der Waals surface area contributed by atoms with Crippen molar-refractivity contribution in [1.82, 2.24) is 5.32 Å². The number of hydrogen-bond donors (Lipinski definition) is 2. The van der Waals surface area contributed by atoms with Crippen LogP contribution in [0.2, 0.25) is 5.02 Å². The molecule has 0 spiro atoms. The van der Waals surface area contributed by atoms with Crippen molar-refractivity contribution in [1.29, 1.82) is 0 Å².